The molecule has 0 fully saturated rings. The lowest BCUT2D eigenvalue weighted by Crippen LogP contribution is -2.16. The average Bonchev–Trinajstić information content (AvgIpc) is 2.55. The van der Waals surface area contributed by atoms with Crippen molar-refractivity contribution in [1.29, 1.82) is 0 Å². The van der Waals surface area contributed by atoms with E-state index in [1.54, 1.807) is 18.2 Å². The first-order valence-electron chi connectivity index (χ1n) is 7.47. The third kappa shape index (κ3) is 2.93. The first kappa shape index (κ1) is 16.3. The molecular formula is C19H15ClO4. The number of ketones is 1. The lowest BCUT2D eigenvalue weighted by atomic mass is 9.87. The maximum atomic E-state index is 12.5. The van der Waals surface area contributed by atoms with Crippen LogP contribution in [0.25, 0.3) is 11.0 Å². The van der Waals surface area contributed by atoms with Gasteiger partial charge in [-0.15, -0.1) is 0 Å². The summed E-state index contributed by atoms with van der Waals surface area (Å²) in [5.41, 5.74) is 0.283. The van der Waals surface area contributed by atoms with Crippen molar-refractivity contribution in [3.8, 4) is 5.75 Å². The van der Waals surface area contributed by atoms with Crippen molar-refractivity contribution in [3.05, 3.63) is 75.1 Å². The molecule has 0 bridgehead atoms. The minimum absolute atomic E-state index is 0.0752. The first-order chi connectivity index (χ1) is 11.5. The molecular weight excluding hydrogens is 328 g/mol. The minimum atomic E-state index is -0.691. The topological polar surface area (TPSA) is 67.5 Å². The van der Waals surface area contributed by atoms with Crippen LogP contribution in [-0.2, 0) is 4.79 Å². The summed E-state index contributed by atoms with van der Waals surface area (Å²) in [7, 11) is 0. The molecule has 5 heteroatoms. The zero-order valence-corrected chi connectivity index (χ0v) is 13.7. The van der Waals surface area contributed by atoms with Crippen molar-refractivity contribution >= 4 is 28.4 Å². The third-order valence-electron chi connectivity index (χ3n) is 3.93. The Hall–Kier alpha value is -2.59. The van der Waals surface area contributed by atoms with E-state index in [2.05, 4.69) is 0 Å². The lowest BCUT2D eigenvalue weighted by molar-refractivity contribution is -0.117. The minimum Gasteiger partial charge on any atom is -0.507 e. The van der Waals surface area contributed by atoms with Crippen LogP contribution in [0.3, 0.4) is 0 Å². The van der Waals surface area contributed by atoms with Gasteiger partial charge in [0, 0.05) is 12.3 Å². The van der Waals surface area contributed by atoms with E-state index in [0.717, 1.165) is 5.56 Å². The zero-order valence-electron chi connectivity index (χ0n) is 13.0. The molecule has 1 heterocycles. The molecule has 2 aromatic carbocycles. The van der Waals surface area contributed by atoms with Crippen LogP contribution in [0.5, 0.6) is 5.75 Å². The molecule has 0 aliphatic rings. The number of fused-ring (bicyclic) bond motifs is 1. The molecule has 0 saturated heterocycles. The van der Waals surface area contributed by atoms with E-state index < -0.39 is 11.5 Å². The Morgan fingerprint density at radius 1 is 1.17 bits per heavy atom. The van der Waals surface area contributed by atoms with Crippen LogP contribution in [-0.4, -0.2) is 10.9 Å². The molecule has 24 heavy (non-hydrogen) atoms. The summed E-state index contributed by atoms with van der Waals surface area (Å²) in [4.78, 5) is 24.2. The van der Waals surface area contributed by atoms with Crippen LogP contribution in [0.1, 0.15) is 30.4 Å². The molecule has 3 rings (SSSR count). The number of hydrogen-bond acceptors (Lipinski definition) is 4. The summed E-state index contributed by atoms with van der Waals surface area (Å²) >= 11 is 6.04. The molecule has 1 N–H and O–H groups in total. The number of halogens is 1. The number of hydrogen-bond donors (Lipinski definition) is 1. The molecule has 1 atom stereocenters. The summed E-state index contributed by atoms with van der Waals surface area (Å²) in [6, 6.07) is 14.0. The number of aromatic hydroxyl groups is 1. The number of rotatable bonds is 4. The van der Waals surface area contributed by atoms with Crippen molar-refractivity contribution < 1.29 is 14.3 Å². The Morgan fingerprint density at radius 3 is 2.54 bits per heavy atom. The summed E-state index contributed by atoms with van der Waals surface area (Å²) in [5, 5.41) is 11.3. The third-order valence-corrected chi connectivity index (χ3v) is 4.23. The second-order valence-electron chi connectivity index (χ2n) is 5.64. The Morgan fingerprint density at radius 2 is 1.88 bits per heavy atom. The zero-order chi connectivity index (χ0) is 17.3. The molecule has 0 amide bonds. The van der Waals surface area contributed by atoms with E-state index in [9.17, 15) is 14.7 Å². The van der Waals surface area contributed by atoms with Gasteiger partial charge in [-0.25, -0.2) is 4.79 Å². The number of benzene rings is 2. The lowest BCUT2D eigenvalue weighted by Gasteiger charge is -2.17. The second kappa shape index (κ2) is 6.49. The Bertz CT molecular complexity index is 960. The van der Waals surface area contributed by atoms with Gasteiger partial charge in [0.05, 0.1) is 16.0 Å². The van der Waals surface area contributed by atoms with Crippen LogP contribution in [0.4, 0.5) is 0 Å². The van der Waals surface area contributed by atoms with Gasteiger partial charge in [0.1, 0.15) is 11.5 Å². The SMILES string of the molecule is CC(=O)CC(c1ccccc1)c1c(O)c2cccc(Cl)c2oc1=O. The standard InChI is InChI=1S/C19H15ClO4/c1-11(21)10-14(12-6-3-2-4-7-12)16-17(22)13-8-5-9-15(20)18(13)24-19(16)23/h2-9,14,22H,10H2,1H3. The van der Waals surface area contributed by atoms with E-state index in [4.69, 9.17) is 16.0 Å². The monoisotopic (exact) mass is 342 g/mol. The predicted octanol–water partition coefficient (Wildman–Crippen LogP) is 4.26. The number of carbonyl (C=O) groups is 1. The average molecular weight is 343 g/mol. The fourth-order valence-corrected chi connectivity index (χ4v) is 3.07. The molecule has 0 aliphatic carbocycles. The van der Waals surface area contributed by atoms with E-state index in [0.29, 0.717) is 5.39 Å². The van der Waals surface area contributed by atoms with Crippen LogP contribution < -0.4 is 5.63 Å². The summed E-state index contributed by atoms with van der Waals surface area (Å²) < 4.78 is 5.33. The summed E-state index contributed by atoms with van der Waals surface area (Å²) in [6.07, 6.45) is 0.0917. The van der Waals surface area contributed by atoms with Crippen molar-refractivity contribution in [2.75, 3.05) is 0 Å². The molecule has 122 valence electrons. The van der Waals surface area contributed by atoms with Gasteiger partial charge in [0.15, 0.2) is 5.58 Å². The summed E-state index contributed by atoms with van der Waals surface area (Å²) in [6.45, 7) is 1.45. The predicted molar refractivity (Wildman–Crippen MR) is 92.7 cm³/mol. The highest BCUT2D eigenvalue weighted by Gasteiger charge is 2.26. The number of para-hydroxylation sites is 1. The molecule has 0 saturated carbocycles. The molecule has 0 aliphatic heterocycles. The van der Waals surface area contributed by atoms with E-state index >= 15 is 0 Å². The first-order valence-corrected chi connectivity index (χ1v) is 7.85. The Balaban J connectivity index is 2.29. The van der Waals surface area contributed by atoms with Crippen molar-refractivity contribution in [2.24, 2.45) is 0 Å². The highest BCUT2D eigenvalue weighted by molar-refractivity contribution is 6.34. The maximum absolute atomic E-state index is 12.5. The highest BCUT2D eigenvalue weighted by Crippen LogP contribution is 2.37. The Kier molecular flexibility index (Phi) is 4.40. The van der Waals surface area contributed by atoms with E-state index in [-0.39, 0.29) is 34.1 Å². The van der Waals surface area contributed by atoms with Crippen molar-refractivity contribution in [3.63, 3.8) is 0 Å². The smallest absolute Gasteiger partial charge is 0.343 e. The van der Waals surface area contributed by atoms with Crippen molar-refractivity contribution in [2.45, 2.75) is 19.3 Å². The quantitative estimate of drug-likeness (QED) is 0.719. The van der Waals surface area contributed by atoms with Gasteiger partial charge >= 0.3 is 5.63 Å². The van der Waals surface area contributed by atoms with Crippen LogP contribution in [0.2, 0.25) is 5.02 Å². The second-order valence-corrected chi connectivity index (χ2v) is 6.04. The maximum Gasteiger partial charge on any atom is 0.343 e. The van der Waals surface area contributed by atoms with Gasteiger partial charge in [-0.3, -0.25) is 4.79 Å². The Labute approximate surface area is 143 Å². The van der Waals surface area contributed by atoms with E-state index in [1.165, 1.54) is 6.92 Å². The molecule has 1 unspecified atom stereocenters. The van der Waals surface area contributed by atoms with Gasteiger partial charge in [0.25, 0.3) is 0 Å². The molecule has 0 radical (unpaired) electrons. The summed E-state index contributed by atoms with van der Waals surface area (Å²) in [5.74, 6) is -0.865. The molecule has 0 spiro atoms. The molecule has 1 aromatic heterocycles. The van der Waals surface area contributed by atoms with Crippen LogP contribution in [0, 0.1) is 0 Å². The molecule has 3 aromatic rings. The fourth-order valence-electron chi connectivity index (χ4n) is 2.86. The van der Waals surface area contributed by atoms with Gasteiger partial charge in [0.2, 0.25) is 0 Å². The largest absolute Gasteiger partial charge is 0.507 e. The van der Waals surface area contributed by atoms with Crippen LogP contribution >= 0.6 is 11.6 Å². The van der Waals surface area contributed by atoms with Gasteiger partial charge in [-0.2, -0.15) is 0 Å². The van der Waals surface area contributed by atoms with Gasteiger partial charge < -0.3 is 9.52 Å². The van der Waals surface area contributed by atoms with Gasteiger partial charge in [-0.1, -0.05) is 48.0 Å². The fraction of sp³-hybridized carbons (Fsp3) is 0.158. The normalized spacial score (nSPS) is 12.2. The number of carbonyl (C=O) groups excluding carboxylic acids is 1. The van der Waals surface area contributed by atoms with E-state index in [1.807, 2.05) is 30.3 Å². The van der Waals surface area contributed by atoms with Crippen molar-refractivity contribution in [1.82, 2.24) is 0 Å². The number of Topliss-reactive ketones (excluding diaryl/α,β-unsaturated/α-hetero) is 1. The van der Waals surface area contributed by atoms with Gasteiger partial charge in [-0.05, 0) is 24.6 Å². The van der Waals surface area contributed by atoms with Crippen LogP contribution in [0.15, 0.2) is 57.7 Å². The highest BCUT2D eigenvalue weighted by atomic mass is 35.5. The molecule has 4 nitrogen and oxygen atoms in total.